The van der Waals surface area contributed by atoms with E-state index in [9.17, 15) is 5.11 Å². The smallest absolute Gasteiger partial charge is 0.0771 e. The lowest BCUT2D eigenvalue weighted by molar-refractivity contribution is -0.00601. The van der Waals surface area contributed by atoms with Gasteiger partial charge in [0.25, 0.3) is 0 Å². The largest absolute Gasteiger partial charge is 0.389 e. The highest BCUT2D eigenvalue weighted by molar-refractivity contribution is 4.91. The molecule has 0 bridgehead atoms. The van der Waals surface area contributed by atoms with Crippen LogP contribution in [0.1, 0.15) is 59.3 Å². The predicted molar refractivity (Wildman–Crippen MR) is 74.1 cm³/mol. The second-order valence-electron chi connectivity index (χ2n) is 6.68. The van der Waals surface area contributed by atoms with Gasteiger partial charge in [0.05, 0.1) is 17.1 Å². The fourth-order valence-corrected chi connectivity index (χ4v) is 2.51. The van der Waals surface area contributed by atoms with Crippen molar-refractivity contribution < 1.29 is 5.11 Å². The Balaban J connectivity index is 2.13. The number of hydrogen-bond donors (Lipinski definition) is 2. The number of nitrogens with zero attached hydrogens (tertiary/aromatic N) is 1. The van der Waals surface area contributed by atoms with Crippen molar-refractivity contribution >= 4 is 0 Å². The molecule has 18 heavy (non-hydrogen) atoms. The van der Waals surface area contributed by atoms with Gasteiger partial charge in [-0.2, -0.15) is 5.26 Å². The van der Waals surface area contributed by atoms with Crippen LogP contribution in [0.15, 0.2) is 0 Å². The molecule has 0 aromatic carbocycles. The van der Waals surface area contributed by atoms with E-state index in [-0.39, 0.29) is 5.41 Å². The molecule has 0 atom stereocenters. The molecular formula is C15H28N2O. The fraction of sp³-hybridized carbons (Fsp3) is 0.933. The van der Waals surface area contributed by atoms with Crippen molar-refractivity contribution in [1.29, 1.82) is 5.26 Å². The van der Waals surface area contributed by atoms with E-state index >= 15 is 0 Å². The third-order valence-electron chi connectivity index (χ3n) is 4.12. The van der Waals surface area contributed by atoms with Crippen LogP contribution in [0.2, 0.25) is 0 Å². The van der Waals surface area contributed by atoms with E-state index in [1.807, 2.05) is 13.8 Å². The average Bonchev–Trinajstić information content (AvgIpc) is 2.33. The Morgan fingerprint density at radius 3 is 2.56 bits per heavy atom. The topological polar surface area (TPSA) is 56.0 Å². The highest BCUT2D eigenvalue weighted by Crippen LogP contribution is 2.31. The van der Waals surface area contributed by atoms with Gasteiger partial charge in [0.1, 0.15) is 0 Å². The van der Waals surface area contributed by atoms with Gasteiger partial charge in [-0.25, -0.2) is 0 Å². The predicted octanol–water partition coefficient (Wildman–Crippen LogP) is 2.85. The zero-order valence-corrected chi connectivity index (χ0v) is 12.1. The molecule has 104 valence electrons. The fourth-order valence-electron chi connectivity index (χ4n) is 2.51. The second-order valence-corrected chi connectivity index (χ2v) is 6.68. The van der Waals surface area contributed by atoms with E-state index in [0.29, 0.717) is 6.54 Å². The molecule has 0 saturated heterocycles. The van der Waals surface area contributed by atoms with E-state index in [0.717, 1.165) is 51.0 Å². The van der Waals surface area contributed by atoms with Crippen molar-refractivity contribution in [3.8, 4) is 6.07 Å². The lowest BCUT2D eigenvalue weighted by Crippen LogP contribution is -2.43. The van der Waals surface area contributed by atoms with Crippen molar-refractivity contribution in [3.63, 3.8) is 0 Å². The van der Waals surface area contributed by atoms with Crippen LogP contribution in [0.5, 0.6) is 0 Å². The Kier molecular flexibility index (Phi) is 5.62. The van der Waals surface area contributed by atoms with E-state index in [1.54, 1.807) is 0 Å². The Hall–Kier alpha value is -0.590. The van der Waals surface area contributed by atoms with Crippen molar-refractivity contribution in [2.45, 2.75) is 64.9 Å². The third-order valence-corrected chi connectivity index (χ3v) is 4.12. The third kappa shape index (κ3) is 5.37. The maximum Gasteiger partial charge on any atom is 0.0771 e. The molecule has 1 aliphatic rings. The molecule has 0 spiro atoms. The average molecular weight is 252 g/mol. The Morgan fingerprint density at radius 1 is 1.39 bits per heavy atom. The van der Waals surface area contributed by atoms with Crippen LogP contribution in [0.25, 0.3) is 0 Å². The van der Waals surface area contributed by atoms with E-state index < -0.39 is 5.60 Å². The Morgan fingerprint density at radius 2 is 2.00 bits per heavy atom. The SMILES string of the molecule is CC1CCC(O)(CNCCCC(C)(C)C#N)CC1. The molecule has 0 radical (unpaired) electrons. The molecule has 3 heteroatoms. The van der Waals surface area contributed by atoms with E-state index in [4.69, 9.17) is 5.26 Å². The summed E-state index contributed by atoms with van der Waals surface area (Å²) in [5, 5.41) is 22.6. The van der Waals surface area contributed by atoms with Gasteiger partial charge in [-0.1, -0.05) is 6.92 Å². The zero-order chi connectivity index (χ0) is 13.6. The Bertz CT molecular complexity index is 285. The number of nitrogens with one attached hydrogen (secondary N) is 1. The molecule has 0 aromatic rings. The summed E-state index contributed by atoms with van der Waals surface area (Å²) < 4.78 is 0. The monoisotopic (exact) mass is 252 g/mol. The van der Waals surface area contributed by atoms with Crippen molar-refractivity contribution in [2.24, 2.45) is 11.3 Å². The standard InChI is InChI=1S/C15H28N2O/c1-13-5-8-15(18,9-6-13)12-17-10-4-7-14(2,3)11-16/h13,17-18H,4-10,12H2,1-3H3. The molecule has 0 heterocycles. The van der Waals surface area contributed by atoms with Crippen LogP contribution in [0.4, 0.5) is 0 Å². The summed E-state index contributed by atoms with van der Waals surface area (Å²) in [5.41, 5.74) is -0.712. The molecule has 1 fully saturated rings. The number of aliphatic hydroxyl groups is 1. The van der Waals surface area contributed by atoms with E-state index in [2.05, 4.69) is 18.3 Å². The van der Waals surface area contributed by atoms with Gasteiger partial charge in [0, 0.05) is 6.54 Å². The van der Waals surface area contributed by atoms with Crippen molar-refractivity contribution in [3.05, 3.63) is 0 Å². The maximum atomic E-state index is 10.4. The van der Waals surface area contributed by atoms with Crippen LogP contribution >= 0.6 is 0 Å². The first kappa shape index (κ1) is 15.5. The highest BCUT2D eigenvalue weighted by atomic mass is 16.3. The number of hydrogen-bond acceptors (Lipinski definition) is 3. The molecule has 3 nitrogen and oxygen atoms in total. The molecule has 1 saturated carbocycles. The first-order valence-electron chi connectivity index (χ1n) is 7.21. The molecule has 1 rings (SSSR count). The summed E-state index contributed by atoms with van der Waals surface area (Å²) in [5.74, 6) is 0.765. The van der Waals surface area contributed by atoms with Crippen molar-refractivity contribution in [2.75, 3.05) is 13.1 Å². The summed E-state index contributed by atoms with van der Waals surface area (Å²) in [6.45, 7) is 7.80. The van der Waals surface area contributed by atoms with Crippen LogP contribution in [-0.2, 0) is 0 Å². The molecule has 0 aliphatic heterocycles. The number of rotatable bonds is 6. The summed E-state index contributed by atoms with van der Waals surface area (Å²) in [6.07, 6.45) is 6.02. The minimum atomic E-state index is -0.489. The van der Waals surface area contributed by atoms with Gasteiger partial charge in [0.2, 0.25) is 0 Å². The summed E-state index contributed by atoms with van der Waals surface area (Å²) in [4.78, 5) is 0. The zero-order valence-electron chi connectivity index (χ0n) is 12.1. The van der Waals surface area contributed by atoms with Gasteiger partial charge in [-0.15, -0.1) is 0 Å². The minimum absolute atomic E-state index is 0.223. The first-order valence-corrected chi connectivity index (χ1v) is 7.21. The van der Waals surface area contributed by atoms with Crippen LogP contribution < -0.4 is 5.32 Å². The molecular weight excluding hydrogens is 224 g/mol. The van der Waals surface area contributed by atoms with Crippen LogP contribution in [-0.4, -0.2) is 23.8 Å². The molecule has 0 unspecified atom stereocenters. The van der Waals surface area contributed by atoms with Gasteiger partial charge in [-0.3, -0.25) is 0 Å². The summed E-state index contributed by atoms with van der Waals surface area (Å²) in [6, 6.07) is 2.32. The quantitative estimate of drug-likeness (QED) is 0.715. The number of nitriles is 1. The normalized spacial score (nSPS) is 28.9. The van der Waals surface area contributed by atoms with Gasteiger partial charge in [0.15, 0.2) is 0 Å². The van der Waals surface area contributed by atoms with Gasteiger partial charge >= 0.3 is 0 Å². The summed E-state index contributed by atoms with van der Waals surface area (Å²) in [7, 11) is 0. The molecule has 1 aliphatic carbocycles. The molecule has 0 aromatic heterocycles. The highest BCUT2D eigenvalue weighted by Gasteiger charge is 2.31. The lowest BCUT2D eigenvalue weighted by Gasteiger charge is -2.35. The summed E-state index contributed by atoms with van der Waals surface area (Å²) >= 11 is 0. The minimum Gasteiger partial charge on any atom is -0.389 e. The molecule has 2 N–H and O–H groups in total. The lowest BCUT2D eigenvalue weighted by atomic mass is 9.79. The second kappa shape index (κ2) is 6.54. The van der Waals surface area contributed by atoms with Gasteiger partial charge < -0.3 is 10.4 Å². The Labute approximate surface area is 112 Å². The molecule has 0 amide bonds. The van der Waals surface area contributed by atoms with Crippen LogP contribution in [0, 0.1) is 22.7 Å². The van der Waals surface area contributed by atoms with Crippen molar-refractivity contribution in [1.82, 2.24) is 5.32 Å². The maximum absolute atomic E-state index is 10.4. The van der Waals surface area contributed by atoms with Crippen LogP contribution in [0.3, 0.4) is 0 Å². The first-order chi connectivity index (χ1) is 8.37. The van der Waals surface area contributed by atoms with E-state index in [1.165, 1.54) is 0 Å². The van der Waals surface area contributed by atoms with Gasteiger partial charge in [-0.05, 0) is 64.8 Å².